The van der Waals surface area contributed by atoms with E-state index in [0.717, 1.165) is 19.3 Å². The van der Waals surface area contributed by atoms with Crippen LogP contribution in [0.3, 0.4) is 0 Å². The molecule has 0 radical (unpaired) electrons. The van der Waals surface area contributed by atoms with Crippen molar-refractivity contribution in [2.24, 2.45) is 0 Å². The van der Waals surface area contributed by atoms with Crippen molar-refractivity contribution in [1.29, 1.82) is 0 Å². The van der Waals surface area contributed by atoms with E-state index in [0.29, 0.717) is 11.3 Å². The first-order valence-electron chi connectivity index (χ1n) is 6.35. The number of methoxy groups -OCH3 is 1. The van der Waals surface area contributed by atoms with E-state index in [1.165, 1.54) is 0 Å². The van der Waals surface area contributed by atoms with E-state index in [1.54, 1.807) is 32.2 Å². The number of hydrogen-bond acceptors (Lipinski definition) is 4. The normalized spacial score (nSPS) is 23.7. The molecule has 0 aliphatic heterocycles. The zero-order chi connectivity index (χ0) is 14.0. The molecule has 1 aliphatic carbocycles. The van der Waals surface area contributed by atoms with Gasteiger partial charge in [0.2, 0.25) is 10.0 Å². The molecule has 1 aliphatic rings. The van der Waals surface area contributed by atoms with Gasteiger partial charge in [-0.15, -0.1) is 0 Å². The average Bonchev–Trinajstić information content (AvgIpc) is 2.74. The zero-order valence-electron chi connectivity index (χ0n) is 11.2. The van der Waals surface area contributed by atoms with E-state index in [9.17, 15) is 8.42 Å². The summed E-state index contributed by atoms with van der Waals surface area (Å²) >= 11 is 0. The summed E-state index contributed by atoms with van der Waals surface area (Å²) in [6.07, 6.45) is 2.65. The lowest BCUT2D eigenvalue weighted by molar-refractivity contribution is 0.0916. The first-order chi connectivity index (χ1) is 8.94. The summed E-state index contributed by atoms with van der Waals surface area (Å²) in [5.74, 6) is 0. The number of aryl methyl sites for hydroxylation is 1. The van der Waals surface area contributed by atoms with E-state index in [1.807, 2.05) is 0 Å². The summed E-state index contributed by atoms with van der Waals surface area (Å²) in [5.41, 5.74) is 6.86. The van der Waals surface area contributed by atoms with Gasteiger partial charge in [0.15, 0.2) is 0 Å². The third-order valence-corrected chi connectivity index (χ3v) is 5.20. The van der Waals surface area contributed by atoms with Gasteiger partial charge in [-0.05, 0) is 49.9 Å². The van der Waals surface area contributed by atoms with E-state index >= 15 is 0 Å². The van der Waals surface area contributed by atoms with Crippen molar-refractivity contribution in [2.75, 3.05) is 12.8 Å². The van der Waals surface area contributed by atoms with Gasteiger partial charge in [0.25, 0.3) is 0 Å². The van der Waals surface area contributed by atoms with Crippen LogP contribution in [-0.2, 0) is 14.8 Å². The minimum Gasteiger partial charge on any atom is -0.399 e. The quantitative estimate of drug-likeness (QED) is 0.819. The Morgan fingerprint density at radius 1 is 1.37 bits per heavy atom. The topological polar surface area (TPSA) is 81.4 Å². The third-order valence-electron chi connectivity index (χ3n) is 3.55. The summed E-state index contributed by atoms with van der Waals surface area (Å²) in [6, 6.07) is 4.66. The smallest absolute Gasteiger partial charge is 0.241 e. The molecule has 0 aromatic heterocycles. The van der Waals surface area contributed by atoms with Gasteiger partial charge in [-0.3, -0.25) is 0 Å². The van der Waals surface area contributed by atoms with Gasteiger partial charge in [0, 0.05) is 18.8 Å². The maximum Gasteiger partial charge on any atom is 0.241 e. The molecule has 2 atom stereocenters. The van der Waals surface area contributed by atoms with Crippen molar-refractivity contribution in [2.45, 2.75) is 43.2 Å². The van der Waals surface area contributed by atoms with Crippen LogP contribution in [0.25, 0.3) is 0 Å². The van der Waals surface area contributed by atoms with Crippen molar-refractivity contribution >= 4 is 15.7 Å². The van der Waals surface area contributed by atoms with Crippen LogP contribution >= 0.6 is 0 Å². The van der Waals surface area contributed by atoms with Crippen LogP contribution < -0.4 is 10.5 Å². The number of nitrogens with one attached hydrogen (secondary N) is 1. The van der Waals surface area contributed by atoms with Gasteiger partial charge in [0.1, 0.15) is 0 Å². The highest BCUT2D eigenvalue weighted by Gasteiger charge is 2.31. The molecule has 6 heteroatoms. The van der Waals surface area contributed by atoms with Crippen molar-refractivity contribution in [3.8, 4) is 0 Å². The van der Waals surface area contributed by atoms with Crippen LogP contribution in [0.1, 0.15) is 24.8 Å². The molecular weight excluding hydrogens is 264 g/mol. The zero-order valence-corrected chi connectivity index (χ0v) is 12.0. The number of benzene rings is 1. The minimum absolute atomic E-state index is 0.0381. The molecule has 2 unspecified atom stereocenters. The number of nitrogens with two attached hydrogens (primary N) is 1. The Hall–Kier alpha value is -1.11. The second-order valence-corrected chi connectivity index (χ2v) is 6.64. The first kappa shape index (κ1) is 14.3. The van der Waals surface area contributed by atoms with E-state index in [4.69, 9.17) is 10.5 Å². The van der Waals surface area contributed by atoms with Gasteiger partial charge in [-0.2, -0.15) is 0 Å². The lowest BCUT2D eigenvalue weighted by Crippen LogP contribution is -2.40. The molecule has 3 N–H and O–H groups in total. The second kappa shape index (κ2) is 5.48. The number of sulfonamides is 1. The SMILES string of the molecule is COC1CCCC1NS(=O)(=O)c1ccc(N)cc1C. The predicted molar refractivity (Wildman–Crippen MR) is 74.3 cm³/mol. The minimum atomic E-state index is -3.52. The van der Waals surface area contributed by atoms with Crippen molar-refractivity contribution in [1.82, 2.24) is 4.72 Å². The molecule has 0 amide bonds. The number of hydrogen-bond donors (Lipinski definition) is 2. The maximum atomic E-state index is 12.4. The molecule has 2 rings (SSSR count). The van der Waals surface area contributed by atoms with Crippen LogP contribution in [0, 0.1) is 6.92 Å². The summed E-state index contributed by atoms with van der Waals surface area (Å²) in [6.45, 7) is 1.74. The Kier molecular flexibility index (Phi) is 4.13. The fourth-order valence-electron chi connectivity index (χ4n) is 2.58. The van der Waals surface area contributed by atoms with Crippen LogP contribution in [0.4, 0.5) is 5.69 Å². The molecular formula is C13H20N2O3S. The van der Waals surface area contributed by atoms with E-state index in [-0.39, 0.29) is 17.0 Å². The summed E-state index contributed by atoms with van der Waals surface area (Å²) in [7, 11) is -1.90. The first-order valence-corrected chi connectivity index (χ1v) is 7.83. The second-order valence-electron chi connectivity index (χ2n) is 4.96. The van der Waals surface area contributed by atoms with Gasteiger partial charge >= 0.3 is 0 Å². The molecule has 0 spiro atoms. The lowest BCUT2D eigenvalue weighted by atomic mass is 10.2. The van der Waals surface area contributed by atoms with Gasteiger partial charge in [-0.25, -0.2) is 13.1 Å². The molecule has 1 aromatic rings. The predicted octanol–water partition coefficient (Wildman–Crippen LogP) is 1.42. The number of anilines is 1. The fraction of sp³-hybridized carbons (Fsp3) is 0.538. The number of rotatable bonds is 4. The average molecular weight is 284 g/mol. The maximum absolute atomic E-state index is 12.4. The Morgan fingerprint density at radius 2 is 2.11 bits per heavy atom. The monoisotopic (exact) mass is 284 g/mol. The Balaban J connectivity index is 2.23. The Labute approximate surface area is 114 Å². The molecule has 1 saturated carbocycles. The van der Waals surface area contributed by atoms with Crippen LogP contribution in [-0.4, -0.2) is 27.7 Å². The standard InChI is InChI=1S/C13H20N2O3S/c1-9-8-10(14)6-7-13(9)19(16,17)15-11-4-3-5-12(11)18-2/h6-8,11-12,15H,3-5,14H2,1-2H3. The molecule has 5 nitrogen and oxygen atoms in total. The summed E-state index contributed by atoms with van der Waals surface area (Å²) < 4.78 is 32.8. The molecule has 106 valence electrons. The van der Waals surface area contributed by atoms with Crippen molar-refractivity contribution < 1.29 is 13.2 Å². The van der Waals surface area contributed by atoms with Crippen LogP contribution in [0.15, 0.2) is 23.1 Å². The molecule has 19 heavy (non-hydrogen) atoms. The molecule has 0 heterocycles. The lowest BCUT2D eigenvalue weighted by Gasteiger charge is -2.20. The third kappa shape index (κ3) is 3.08. The highest BCUT2D eigenvalue weighted by atomic mass is 32.2. The molecule has 1 aromatic carbocycles. The largest absolute Gasteiger partial charge is 0.399 e. The van der Waals surface area contributed by atoms with Crippen LogP contribution in [0.5, 0.6) is 0 Å². The molecule has 1 fully saturated rings. The van der Waals surface area contributed by atoms with Gasteiger partial charge < -0.3 is 10.5 Å². The van der Waals surface area contributed by atoms with E-state index in [2.05, 4.69) is 4.72 Å². The van der Waals surface area contributed by atoms with Gasteiger partial charge in [0.05, 0.1) is 11.0 Å². The summed E-state index contributed by atoms with van der Waals surface area (Å²) in [5, 5.41) is 0. The Bertz CT molecular complexity index is 557. The highest BCUT2D eigenvalue weighted by Crippen LogP contribution is 2.24. The number of ether oxygens (including phenoxy) is 1. The molecule has 0 saturated heterocycles. The summed E-state index contributed by atoms with van der Waals surface area (Å²) in [4.78, 5) is 0.281. The van der Waals surface area contributed by atoms with Crippen molar-refractivity contribution in [3.63, 3.8) is 0 Å². The fourth-order valence-corrected chi connectivity index (χ4v) is 4.11. The highest BCUT2D eigenvalue weighted by molar-refractivity contribution is 7.89. The molecule has 0 bridgehead atoms. The number of nitrogen functional groups attached to an aromatic ring is 1. The van der Waals surface area contributed by atoms with Crippen LogP contribution in [0.2, 0.25) is 0 Å². The Morgan fingerprint density at radius 3 is 2.74 bits per heavy atom. The van der Waals surface area contributed by atoms with Crippen molar-refractivity contribution in [3.05, 3.63) is 23.8 Å². The van der Waals surface area contributed by atoms with Gasteiger partial charge in [-0.1, -0.05) is 0 Å². The van der Waals surface area contributed by atoms with E-state index < -0.39 is 10.0 Å².